The molecule has 3 aliphatic rings. The monoisotopic (exact) mass is 318 g/mol. The fourth-order valence-electron chi connectivity index (χ4n) is 3.05. The van der Waals surface area contributed by atoms with Crippen molar-refractivity contribution in [2.24, 2.45) is 10.7 Å². The standard InChI is InChI=1S/C15H22N6O2/c1-4-5-19-7-10(2)12(18-15(16)22)13-14(19)21-9-20(23-3)8-11(21)6-17-13/h6-8,12H,4-5,9H2,1-3H3,(H3,16,18,22). The molecule has 0 aromatic rings. The van der Waals surface area contributed by atoms with Gasteiger partial charge in [0.25, 0.3) is 0 Å². The predicted molar refractivity (Wildman–Crippen MR) is 86.4 cm³/mol. The molecule has 0 fully saturated rings. The molecule has 2 amide bonds. The van der Waals surface area contributed by atoms with E-state index < -0.39 is 6.03 Å². The Morgan fingerprint density at radius 3 is 2.96 bits per heavy atom. The van der Waals surface area contributed by atoms with Crippen LogP contribution in [0.15, 0.2) is 40.2 Å². The van der Waals surface area contributed by atoms with Crippen LogP contribution in [0.25, 0.3) is 0 Å². The molecule has 8 nitrogen and oxygen atoms in total. The van der Waals surface area contributed by atoms with Gasteiger partial charge in [-0.1, -0.05) is 6.92 Å². The summed E-state index contributed by atoms with van der Waals surface area (Å²) < 4.78 is 0. The second kappa shape index (κ2) is 5.96. The lowest BCUT2D eigenvalue weighted by atomic mass is 10.0. The van der Waals surface area contributed by atoms with E-state index in [1.54, 1.807) is 18.4 Å². The molecular formula is C15H22N6O2. The molecule has 8 heteroatoms. The number of hydroxylamine groups is 2. The summed E-state index contributed by atoms with van der Waals surface area (Å²) in [6.07, 6.45) is 6.74. The number of nitrogens with zero attached hydrogens (tertiary/aromatic N) is 4. The van der Waals surface area contributed by atoms with Gasteiger partial charge in [-0.05, 0) is 18.9 Å². The van der Waals surface area contributed by atoms with Crippen LogP contribution in [0.1, 0.15) is 20.3 Å². The van der Waals surface area contributed by atoms with Crippen molar-refractivity contribution in [2.45, 2.75) is 26.3 Å². The third-order valence-corrected chi connectivity index (χ3v) is 4.04. The average Bonchev–Trinajstić information content (AvgIpc) is 2.93. The zero-order valence-corrected chi connectivity index (χ0v) is 13.6. The van der Waals surface area contributed by atoms with Crippen LogP contribution in [0.3, 0.4) is 0 Å². The number of fused-ring (bicyclic) bond motifs is 2. The number of carbonyl (C=O) groups is 1. The Balaban J connectivity index is 2.01. The number of nitrogens with two attached hydrogens (primary N) is 1. The number of hydrogen-bond donors (Lipinski definition) is 2. The van der Waals surface area contributed by atoms with E-state index in [1.165, 1.54) is 0 Å². The summed E-state index contributed by atoms with van der Waals surface area (Å²) in [4.78, 5) is 25.6. The molecule has 3 N–H and O–H groups in total. The van der Waals surface area contributed by atoms with Crippen LogP contribution >= 0.6 is 0 Å². The predicted octanol–water partition coefficient (Wildman–Crippen LogP) is 0.884. The van der Waals surface area contributed by atoms with Gasteiger partial charge in [-0.25, -0.2) is 9.86 Å². The number of hydrogen-bond acceptors (Lipinski definition) is 6. The van der Waals surface area contributed by atoms with Gasteiger partial charge in [0, 0.05) is 12.7 Å². The summed E-state index contributed by atoms with van der Waals surface area (Å²) in [7, 11) is 1.63. The number of aliphatic imine (C=N–C) groups is 1. The fraction of sp³-hybridized carbons (Fsp3) is 0.467. The minimum atomic E-state index is -0.560. The maximum Gasteiger partial charge on any atom is 0.312 e. The van der Waals surface area contributed by atoms with Crippen LogP contribution < -0.4 is 11.1 Å². The Bertz CT molecular complexity index is 636. The maximum absolute atomic E-state index is 11.4. The van der Waals surface area contributed by atoms with Crippen molar-refractivity contribution in [3.63, 3.8) is 0 Å². The lowest BCUT2D eigenvalue weighted by molar-refractivity contribution is -0.0968. The molecule has 1 atom stereocenters. The Morgan fingerprint density at radius 2 is 2.30 bits per heavy atom. The van der Waals surface area contributed by atoms with Crippen molar-refractivity contribution in [3.8, 4) is 0 Å². The molecule has 0 spiro atoms. The number of primary amides is 1. The summed E-state index contributed by atoms with van der Waals surface area (Å²) in [5.74, 6) is 0.963. The Kier molecular flexibility index (Phi) is 3.99. The molecule has 0 aromatic carbocycles. The molecule has 0 saturated heterocycles. The SMILES string of the molecule is CCCN1C=C(C)C(NC(N)=O)C2=C1N1CN(OC)C=C1C=N2. The summed E-state index contributed by atoms with van der Waals surface area (Å²) in [6.45, 7) is 5.55. The van der Waals surface area contributed by atoms with Gasteiger partial charge in [0.1, 0.15) is 18.2 Å². The molecule has 1 unspecified atom stereocenters. The average molecular weight is 318 g/mol. The summed E-state index contributed by atoms with van der Waals surface area (Å²) >= 11 is 0. The summed E-state index contributed by atoms with van der Waals surface area (Å²) in [5, 5.41) is 4.52. The molecule has 0 radical (unpaired) electrons. The summed E-state index contributed by atoms with van der Waals surface area (Å²) in [5.41, 5.74) is 8.09. The van der Waals surface area contributed by atoms with E-state index in [2.05, 4.69) is 33.2 Å². The largest absolute Gasteiger partial charge is 0.352 e. The molecule has 0 aromatic heterocycles. The van der Waals surface area contributed by atoms with E-state index in [-0.39, 0.29) is 6.04 Å². The third kappa shape index (κ3) is 2.65. The minimum absolute atomic E-state index is 0.315. The fourth-order valence-corrected chi connectivity index (χ4v) is 3.05. The first kappa shape index (κ1) is 15.4. The number of carbonyl (C=O) groups excluding carboxylic acids is 1. The van der Waals surface area contributed by atoms with Gasteiger partial charge in [0.2, 0.25) is 0 Å². The van der Waals surface area contributed by atoms with E-state index >= 15 is 0 Å². The third-order valence-electron chi connectivity index (χ3n) is 4.04. The highest BCUT2D eigenvalue weighted by molar-refractivity contribution is 5.82. The summed E-state index contributed by atoms with van der Waals surface area (Å²) in [6, 6.07) is -0.875. The minimum Gasteiger partial charge on any atom is -0.352 e. The van der Waals surface area contributed by atoms with Gasteiger partial charge in [0.05, 0.1) is 31.3 Å². The number of allylic oxidation sites excluding steroid dienone is 1. The first-order valence-corrected chi connectivity index (χ1v) is 7.64. The molecule has 0 aliphatic carbocycles. The molecular weight excluding hydrogens is 296 g/mol. The zero-order valence-electron chi connectivity index (χ0n) is 13.6. The Morgan fingerprint density at radius 1 is 1.52 bits per heavy atom. The Hall–Kier alpha value is -2.48. The molecule has 124 valence electrons. The van der Waals surface area contributed by atoms with Gasteiger partial charge >= 0.3 is 6.03 Å². The van der Waals surface area contributed by atoms with Crippen LogP contribution in [0.2, 0.25) is 0 Å². The molecule has 3 aliphatic heterocycles. The van der Waals surface area contributed by atoms with Crippen LogP contribution in [0.4, 0.5) is 4.79 Å². The molecule has 3 rings (SSSR count). The first-order chi connectivity index (χ1) is 11.0. The molecule has 3 heterocycles. The van der Waals surface area contributed by atoms with Gasteiger partial charge in [-0.15, -0.1) is 0 Å². The first-order valence-electron chi connectivity index (χ1n) is 7.64. The normalized spacial score (nSPS) is 22.7. The second-order valence-electron chi connectivity index (χ2n) is 5.70. The van der Waals surface area contributed by atoms with Crippen molar-refractivity contribution in [3.05, 3.63) is 35.2 Å². The van der Waals surface area contributed by atoms with Gasteiger partial charge in [-0.3, -0.25) is 9.83 Å². The van der Waals surface area contributed by atoms with Gasteiger partial charge in [0.15, 0.2) is 0 Å². The highest BCUT2D eigenvalue weighted by atomic mass is 16.7. The van der Waals surface area contributed by atoms with Crippen LogP contribution in [0.5, 0.6) is 0 Å². The van der Waals surface area contributed by atoms with Crippen LogP contribution in [-0.4, -0.2) is 53.5 Å². The van der Waals surface area contributed by atoms with Crippen molar-refractivity contribution < 1.29 is 9.63 Å². The van der Waals surface area contributed by atoms with Crippen molar-refractivity contribution >= 4 is 12.2 Å². The highest BCUT2D eigenvalue weighted by Gasteiger charge is 2.37. The highest BCUT2D eigenvalue weighted by Crippen LogP contribution is 2.35. The van der Waals surface area contributed by atoms with Crippen molar-refractivity contribution in [2.75, 3.05) is 20.3 Å². The van der Waals surface area contributed by atoms with Crippen molar-refractivity contribution in [1.29, 1.82) is 0 Å². The number of urea groups is 1. The van der Waals surface area contributed by atoms with Crippen molar-refractivity contribution in [1.82, 2.24) is 20.2 Å². The number of amides is 2. The van der Waals surface area contributed by atoms with E-state index in [9.17, 15) is 4.79 Å². The molecule has 0 bridgehead atoms. The second-order valence-corrected chi connectivity index (χ2v) is 5.70. The van der Waals surface area contributed by atoms with E-state index in [0.29, 0.717) is 6.67 Å². The molecule has 0 saturated carbocycles. The molecule has 23 heavy (non-hydrogen) atoms. The lowest BCUT2D eigenvalue weighted by Crippen LogP contribution is -2.47. The Labute approximate surface area is 135 Å². The maximum atomic E-state index is 11.4. The number of nitrogens with one attached hydrogen (secondary N) is 1. The van der Waals surface area contributed by atoms with Crippen LogP contribution in [0, 0.1) is 0 Å². The van der Waals surface area contributed by atoms with Crippen LogP contribution in [-0.2, 0) is 4.84 Å². The zero-order chi connectivity index (χ0) is 16.6. The van der Waals surface area contributed by atoms with E-state index in [0.717, 1.165) is 35.8 Å². The van der Waals surface area contributed by atoms with E-state index in [1.807, 2.05) is 13.1 Å². The smallest absolute Gasteiger partial charge is 0.312 e. The van der Waals surface area contributed by atoms with E-state index in [4.69, 9.17) is 10.6 Å². The topological polar surface area (TPSA) is 86.4 Å². The lowest BCUT2D eigenvalue weighted by Gasteiger charge is -2.40. The quantitative estimate of drug-likeness (QED) is 0.804. The van der Waals surface area contributed by atoms with Gasteiger partial charge in [-0.2, -0.15) is 0 Å². The number of rotatable bonds is 4. The van der Waals surface area contributed by atoms with Gasteiger partial charge < -0.3 is 20.9 Å².